The fourth-order valence-corrected chi connectivity index (χ4v) is 3.55. The number of nitrogens with zero attached hydrogens (tertiary/aromatic N) is 3. The summed E-state index contributed by atoms with van der Waals surface area (Å²) in [7, 11) is 1.62. The van der Waals surface area contributed by atoms with Gasteiger partial charge in [-0.3, -0.25) is 14.8 Å². The highest BCUT2D eigenvalue weighted by molar-refractivity contribution is 8.00. The summed E-state index contributed by atoms with van der Waals surface area (Å²) in [5.41, 5.74) is 1.55. The molecule has 25 heavy (non-hydrogen) atoms. The molecular formula is C17H16N4O2S2. The Balaban J connectivity index is 1.48. The van der Waals surface area contributed by atoms with Gasteiger partial charge in [0, 0.05) is 22.7 Å². The van der Waals surface area contributed by atoms with Gasteiger partial charge in [-0.2, -0.15) is 0 Å². The van der Waals surface area contributed by atoms with Crippen molar-refractivity contribution in [1.29, 1.82) is 0 Å². The Kier molecular flexibility index (Phi) is 5.97. The highest BCUT2D eigenvalue weighted by Crippen LogP contribution is 2.23. The molecule has 0 radical (unpaired) electrons. The van der Waals surface area contributed by atoms with Gasteiger partial charge >= 0.3 is 0 Å². The molecule has 1 N–H and O–H groups in total. The van der Waals surface area contributed by atoms with Gasteiger partial charge in [0.2, 0.25) is 5.91 Å². The molecule has 2 heterocycles. The van der Waals surface area contributed by atoms with Gasteiger partial charge < -0.3 is 10.1 Å². The van der Waals surface area contributed by atoms with E-state index in [1.807, 2.05) is 29.6 Å². The van der Waals surface area contributed by atoms with Crippen LogP contribution in [0.25, 0.3) is 10.7 Å². The third-order valence-corrected chi connectivity index (χ3v) is 5.12. The number of methoxy groups -OCH3 is 1. The number of hydrogen-bond acceptors (Lipinski definition) is 7. The third kappa shape index (κ3) is 5.01. The molecule has 1 aromatic carbocycles. The number of benzene rings is 1. The van der Waals surface area contributed by atoms with E-state index >= 15 is 0 Å². The quantitative estimate of drug-likeness (QED) is 0.643. The van der Waals surface area contributed by atoms with Crippen molar-refractivity contribution >= 4 is 29.0 Å². The highest BCUT2D eigenvalue weighted by Gasteiger charge is 2.08. The van der Waals surface area contributed by atoms with Gasteiger partial charge in [0.15, 0.2) is 0 Å². The van der Waals surface area contributed by atoms with Gasteiger partial charge in [0.25, 0.3) is 0 Å². The normalized spacial score (nSPS) is 10.4. The minimum absolute atomic E-state index is 0.0399. The zero-order valence-corrected chi connectivity index (χ0v) is 15.1. The molecule has 3 aromatic rings. The number of carbonyl (C=O) groups excluding carboxylic acids is 1. The summed E-state index contributed by atoms with van der Waals surface area (Å²) >= 11 is 2.95. The summed E-state index contributed by atoms with van der Waals surface area (Å²) < 4.78 is 5.18. The van der Waals surface area contributed by atoms with E-state index in [2.05, 4.69) is 20.3 Å². The van der Waals surface area contributed by atoms with Crippen LogP contribution in [0.15, 0.2) is 53.1 Å². The smallest absolute Gasteiger partial charge is 0.230 e. The molecule has 8 heteroatoms. The lowest BCUT2D eigenvalue weighted by Crippen LogP contribution is -2.24. The Labute approximate surface area is 153 Å². The number of carbonyl (C=O) groups is 1. The molecule has 3 rings (SSSR count). The minimum atomic E-state index is -0.0399. The van der Waals surface area contributed by atoms with Crippen LogP contribution in [0.3, 0.4) is 0 Å². The van der Waals surface area contributed by atoms with Crippen LogP contribution in [0.2, 0.25) is 0 Å². The number of thiazole rings is 1. The summed E-state index contributed by atoms with van der Waals surface area (Å²) in [6, 6.07) is 7.64. The van der Waals surface area contributed by atoms with Crippen molar-refractivity contribution in [2.45, 2.75) is 11.4 Å². The maximum atomic E-state index is 12.0. The molecule has 0 atom stereocenters. The molecule has 128 valence electrons. The predicted molar refractivity (Wildman–Crippen MR) is 98.7 cm³/mol. The third-order valence-electron chi connectivity index (χ3n) is 3.21. The maximum absolute atomic E-state index is 12.0. The van der Waals surface area contributed by atoms with Gasteiger partial charge in [0.05, 0.1) is 31.3 Å². The molecule has 0 fully saturated rings. The molecule has 0 spiro atoms. The lowest BCUT2D eigenvalue weighted by Gasteiger charge is -2.05. The summed E-state index contributed by atoms with van der Waals surface area (Å²) in [5, 5.41) is 5.59. The topological polar surface area (TPSA) is 77.0 Å². The highest BCUT2D eigenvalue weighted by atomic mass is 32.2. The zero-order chi connectivity index (χ0) is 17.5. The first kappa shape index (κ1) is 17.4. The van der Waals surface area contributed by atoms with Gasteiger partial charge in [-0.25, -0.2) is 4.98 Å². The Bertz CT molecular complexity index is 839. The second-order valence-electron chi connectivity index (χ2n) is 4.98. The van der Waals surface area contributed by atoms with Crippen LogP contribution in [0.1, 0.15) is 5.69 Å². The van der Waals surface area contributed by atoms with Crippen LogP contribution in [-0.4, -0.2) is 33.7 Å². The monoisotopic (exact) mass is 372 g/mol. The molecular weight excluding hydrogens is 356 g/mol. The Hall–Kier alpha value is -2.45. The van der Waals surface area contributed by atoms with Crippen molar-refractivity contribution in [2.75, 3.05) is 12.9 Å². The van der Waals surface area contributed by atoms with Gasteiger partial charge in [0.1, 0.15) is 16.5 Å². The molecule has 0 saturated heterocycles. The first-order valence-electron chi connectivity index (χ1n) is 7.49. The van der Waals surface area contributed by atoms with Crippen LogP contribution in [0.4, 0.5) is 0 Å². The Morgan fingerprint density at radius 2 is 2.28 bits per heavy atom. The number of aromatic nitrogens is 3. The summed E-state index contributed by atoms with van der Waals surface area (Å²) in [4.78, 5) is 25.7. The number of ether oxygens (including phenoxy) is 1. The Morgan fingerprint density at radius 1 is 1.36 bits per heavy atom. The average Bonchev–Trinajstić information content (AvgIpc) is 3.15. The van der Waals surface area contributed by atoms with E-state index in [1.165, 1.54) is 23.1 Å². The molecule has 1 amide bonds. The average molecular weight is 372 g/mol. The fourth-order valence-electron chi connectivity index (χ4n) is 2.00. The van der Waals surface area contributed by atoms with E-state index < -0.39 is 0 Å². The van der Waals surface area contributed by atoms with Crippen molar-refractivity contribution in [1.82, 2.24) is 20.3 Å². The van der Waals surface area contributed by atoms with Crippen molar-refractivity contribution in [3.63, 3.8) is 0 Å². The van der Waals surface area contributed by atoms with Crippen molar-refractivity contribution in [2.24, 2.45) is 0 Å². The molecule has 0 saturated carbocycles. The number of rotatable bonds is 7. The van der Waals surface area contributed by atoms with Crippen molar-refractivity contribution in [3.05, 3.63) is 53.9 Å². The molecule has 0 unspecified atom stereocenters. The maximum Gasteiger partial charge on any atom is 0.230 e. The Morgan fingerprint density at radius 3 is 3.08 bits per heavy atom. The fraction of sp³-hybridized carbons (Fsp3) is 0.176. The molecule has 2 aromatic heterocycles. The van der Waals surface area contributed by atoms with Gasteiger partial charge in [-0.15, -0.1) is 23.1 Å². The predicted octanol–water partition coefficient (Wildman–Crippen LogP) is 3.02. The molecule has 0 aliphatic heterocycles. The van der Waals surface area contributed by atoms with Gasteiger partial charge in [-0.1, -0.05) is 6.07 Å². The summed E-state index contributed by atoms with van der Waals surface area (Å²) in [6.45, 7) is 0.397. The zero-order valence-electron chi connectivity index (χ0n) is 13.5. The largest absolute Gasteiger partial charge is 0.497 e. The molecule has 6 nitrogen and oxygen atoms in total. The first-order chi connectivity index (χ1) is 12.2. The van der Waals surface area contributed by atoms with E-state index in [4.69, 9.17) is 4.74 Å². The van der Waals surface area contributed by atoms with E-state index in [0.29, 0.717) is 12.3 Å². The summed E-state index contributed by atoms with van der Waals surface area (Å²) in [6.07, 6.45) is 4.93. The number of nitrogens with one attached hydrogen (secondary N) is 1. The molecule has 0 aliphatic carbocycles. The molecule has 0 bridgehead atoms. The van der Waals surface area contributed by atoms with Crippen LogP contribution in [0.5, 0.6) is 5.75 Å². The first-order valence-corrected chi connectivity index (χ1v) is 9.35. The van der Waals surface area contributed by atoms with Crippen molar-refractivity contribution in [3.8, 4) is 16.5 Å². The standard InChI is InChI=1S/C17H16N4O2S2/c1-23-13-3-2-4-14(7-13)24-11-16(22)20-8-12-10-25-17(21-12)15-9-18-5-6-19-15/h2-7,9-10H,8,11H2,1H3,(H,20,22). The number of amides is 1. The van der Waals surface area contributed by atoms with E-state index in [0.717, 1.165) is 27.0 Å². The van der Waals surface area contributed by atoms with Crippen LogP contribution >= 0.6 is 23.1 Å². The number of thioether (sulfide) groups is 1. The lowest BCUT2D eigenvalue weighted by molar-refractivity contribution is -0.118. The van der Waals surface area contributed by atoms with E-state index in [1.54, 1.807) is 25.7 Å². The minimum Gasteiger partial charge on any atom is -0.497 e. The van der Waals surface area contributed by atoms with Crippen molar-refractivity contribution < 1.29 is 9.53 Å². The second-order valence-corrected chi connectivity index (χ2v) is 6.89. The summed E-state index contributed by atoms with van der Waals surface area (Å²) in [5.74, 6) is 1.08. The second kappa shape index (κ2) is 8.59. The van der Waals surface area contributed by atoms with E-state index in [9.17, 15) is 4.79 Å². The van der Waals surface area contributed by atoms with Crippen LogP contribution in [0, 0.1) is 0 Å². The van der Waals surface area contributed by atoms with Crippen LogP contribution in [-0.2, 0) is 11.3 Å². The van der Waals surface area contributed by atoms with Crippen LogP contribution < -0.4 is 10.1 Å². The van der Waals surface area contributed by atoms with E-state index in [-0.39, 0.29) is 5.91 Å². The van der Waals surface area contributed by atoms with Gasteiger partial charge in [-0.05, 0) is 18.2 Å². The lowest BCUT2D eigenvalue weighted by atomic mass is 10.3. The SMILES string of the molecule is COc1cccc(SCC(=O)NCc2csc(-c3cnccn3)n2)c1. The number of hydrogen-bond donors (Lipinski definition) is 1. The molecule has 0 aliphatic rings.